The van der Waals surface area contributed by atoms with Crippen LogP contribution in [0.2, 0.25) is 0 Å². The third-order valence-electron chi connectivity index (χ3n) is 1.39. The van der Waals surface area contributed by atoms with Crippen molar-refractivity contribution >= 4 is 4.72 Å². The fourth-order valence-corrected chi connectivity index (χ4v) is 1.03. The van der Waals surface area contributed by atoms with Crippen LogP contribution in [0.25, 0.3) is 0 Å². The first-order valence-electron chi connectivity index (χ1n) is 3.47. The van der Waals surface area contributed by atoms with Crippen molar-refractivity contribution in [3.8, 4) is 0 Å². The summed E-state index contributed by atoms with van der Waals surface area (Å²) in [7, 11) is 0. The molecule has 0 fully saturated rings. The van der Waals surface area contributed by atoms with E-state index < -0.39 is 0 Å². The van der Waals surface area contributed by atoms with E-state index in [4.69, 9.17) is 16.0 Å². The van der Waals surface area contributed by atoms with Gasteiger partial charge < -0.3 is 0 Å². The number of unbranched alkanes of at least 4 members (excludes halogenated alkanes) is 1. The number of hydrogen-bond acceptors (Lipinski definition) is 1. The van der Waals surface area contributed by atoms with Crippen LogP contribution in [0.4, 0.5) is 0 Å². The first-order valence-corrected chi connectivity index (χ1v) is 3.94. The average Bonchev–Trinajstić information content (AvgIpc) is 2.31. The SMILES string of the molecule is CCCCn1ccn[c]1[Cu]. The number of imidazole rings is 1. The fraction of sp³-hybridized carbons (Fsp3) is 0.571. The van der Waals surface area contributed by atoms with Crippen LogP contribution in [0.1, 0.15) is 19.8 Å². The number of aryl methyl sites for hydroxylation is 1. The van der Waals surface area contributed by atoms with E-state index in [1.807, 2.05) is 10.8 Å². The van der Waals surface area contributed by atoms with Crippen LogP contribution in [-0.4, -0.2) is 9.55 Å². The van der Waals surface area contributed by atoms with Crippen molar-refractivity contribution in [1.29, 1.82) is 0 Å². The van der Waals surface area contributed by atoms with Crippen molar-refractivity contribution in [3.63, 3.8) is 0 Å². The second-order valence-corrected chi connectivity index (χ2v) is 2.63. The summed E-state index contributed by atoms with van der Waals surface area (Å²) in [6.45, 7) is 3.17. The van der Waals surface area contributed by atoms with Gasteiger partial charge in [0.2, 0.25) is 0 Å². The van der Waals surface area contributed by atoms with E-state index in [-0.39, 0.29) is 0 Å². The van der Waals surface area contributed by atoms with Gasteiger partial charge in [0.1, 0.15) is 0 Å². The predicted molar refractivity (Wildman–Crippen MR) is 36.8 cm³/mol. The molecule has 10 heavy (non-hydrogen) atoms. The molecular formula is C7H11CuN2. The van der Waals surface area contributed by atoms with E-state index in [9.17, 15) is 0 Å². The van der Waals surface area contributed by atoms with Gasteiger partial charge in [-0.05, 0) is 0 Å². The van der Waals surface area contributed by atoms with Gasteiger partial charge in [0, 0.05) is 0 Å². The minimum atomic E-state index is 0.681. The molecule has 2 nitrogen and oxygen atoms in total. The van der Waals surface area contributed by atoms with Crippen molar-refractivity contribution in [2.45, 2.75) is 26.3 Å². The molecule has 0 amide bonds. The average molecular weight is 187 g/mol. The molecule has 3 heteroatoms. The molecule has 0 aliphatic carbocycles. The van der Waals surface area contributed by atoms with Crippen LogP contribution in [-0.2, 0) is 22.6 Å². The van der Waals surface area contributed by atoms with Crippen molar-refractivity contribution in [3.05, 3.63) is 12.4 Å². The zero-order valence-corrected chi connectivity index (χ0v) is 6.91. The summed E-state index contributed by atoms with van der Waals surface area (Å²) in [5.74, 6) is 0. The Hall–Kier alpha value is -0.271. The number of rotatable bonds is 3. The molecule has 0 atom stereocenters. The van der Waals surface area contributed by atoms with Crippen molar-refractivity contribution in [2.75, 3.05) is 0 Å². The normalized spacial score (nSPS) is 10.3. The van der Waals surface area contributed by atoms with E-state index in [2.05, 4.69) is 11.9 Å². The molecule has 1 heterocycles. The Labute approximate surface area is 69.5 Å². The molecule has 0 radical (unpaired) electrons. The minimum absolute atomic E-state index is 0.681. The van der Waals surface area contributed by atoms with Gasteiger partial charge in [0.05, 0.1) is 0 Å². The molecule has 0 N–H and O–H groups in total. The third-order valence-corrected chi connectivity index (χ3v) is 1.78. The summed E-state index contributed by atoms with van der Waals surface area (Å²) in [4.78, 5) is 3.94. The Balaban J connectivity index is 2.49. The number of hydrogen-bond donors (Lipinski definition) is 0. The number of aromatic nitrogens is 2. The first kappa shape index (κ1) is 7.83. The molecule has 1 aromatic rings. The van der Waals surface area contributed by atoms with E-state index in [1.54, 1.807) is 6.20 Å². The Morgan fingerprint density at radius 3 is 3.00 bits per heavy atom. The van der Waals surface area contributed by atoms with Gasteiger partial charge in [-0.3, -0.25) is 0 Å². The quantitative estimate of drug-likeness (QED) is 0.641. The molecule has 0 saturated heterocycles. The predicted octanol–water partition coefficient (Wildman–Crippen LogP) is 0.855. The van der Waals surface area contributed by atoms with E-state index >= 15 is 0 Å². The second-order valence-electron chi connectivity index (χ2n) is 2.21. The van der Waals surface area contributed by atoms with Gasteiger partial charge in [0.25, 0.3) is 0 Å². The summed E-state index contributed by atoms with van der Waals surface area (Å²) >= 11 is 5.10. The maximum absolute atomic E-state index is 5.10. The number of nitrogens with zero attached hydrogens (tertiary/aromatic N) is 2. The monoisotopic (exact) mass is 186 g/mol. The molecule has 1 rings (SSSR count). The molecule has 0 aliphatic rings. The van der Waals surface area contributed by atoms with Crippen molar-refractivity contribution in [2.24, 2.45) is 0 Å². The third kappa shape index (κ3) is 1.86. The van der Waals surface area contributed by atoms with Gasteiger partial charge in [-0.15, -0.1) is 0 Å². The van der Waals surface area contributed by atoms with E-state index in [1.165, 1.54) is 12.8 Å². The van der Waals surface area contributed by atoms with Crippen LogP contribution >= 0.6 is 0 Å². The second kappa shape index (κ2) is 3.79. The maximum atomic E-state index is 5.10. The molecule has 0 bridgehead atoms. The molecule has 60 valence electrons. The Bertz CT molecular complexity index is 195. The molecule has 1 aromatic heterocycles. The van der Waals surface area contributed by atoms with Crippen LogP contribution in [0.15, 0.2) is 12.4 Å². The van der Waals surface area contributed by atoms with Crippen LogP contribution in [0.3, 0.4) is 0 Å². The Morgan fingerprint density at radius 1 is 1.70 bits per heavy atom. The fourth-order valence-electron chi connectivity index (χ4n) is 0.786. The Kier molecular flexibility index (Phi) is 2.97. The van der Waals surface area contributed by atoms with Crippen LogP contribution in [0.5, 0.6) is 0 Å². The summed E-state index contributed by atoms with van der Waals surface area (Å²) in [6.07, 6.45) is 6.04. The molecule has 0 spiro atoms. The van der Waals surface area contributed by atoms with Crippen LogP contribution in [0, 0.1) is 0 Å². The zero-order chi connectivity index (χ0) is 7.40. The first-order chi connectivity index (χ1) is 4.84. The van der Waals surface area contributed by atoms with Gasteiger partial charge in [-0.2, -0.15) is 0 Å². The van der Waals surface area contributed by atoms with E-state index in [0.29, 0.717) is 4.72 Å². The van der Waals surface area contributed by atoms with Crippen LogP contribution < -0.4 is 4.72 Å². The topological polar surface area (TPSA) is 17.8 Å². The van der Waals surface area contributed by atoms with Gasteiger partial charge in [-0.1, -0.05) is 0 Å². The molecular weight excluding hydrogens is 176 g/mol. The van der Waals surface area contributed by atoms with Gasteiger partial charge in [-0.25, -0.2) is 0 Å². The molecule has 0 aromatic carbocycles. The van der Waals surface area contributed by atoms with Crippen molar-refractivity contribution in [1.82, 2.24) is 9.55 Å². The van der Waals surface area contributed by atoms with E-state index in [0.717, 1.165) is 6.54 Å². The zero-order valence-electron chi connectivity index (χ0n) is 5.97. The molecule has 0 unspecified atom stereocenters. The van der Waals surface area contributed by atoms with Gasteiger partial charge in [0.15, 0.2) is 0 Å². The standard InChI is InChI=1S/C7H11N2.Cu/c1-2-3-5-9-6-4-8-7-9;/h4,6H,2-3,5H2,1H3;. The Morgan fingerprint density at radius 2 is 2.50 bits per heavy atom. The summed E-state index contributed by atoms with van der Waals surface area (Å²) in [5.41, 5.74) is 0. The summed E-state index contributed by atoms with van der Waals surface area (Å²) in [6, 6.07) is 0. The molecule has 0 aliphatic heterocycles. The van der Waals surface area contributed by atoms with Gasteiger partial charge >= 0.3 is 69.0 Å². The summed E-state index contributed by atoms with van der Waals surface area (Å²) in [5, 5.41) is 0. The summed E-state index contributed by atoms with van der Waals surface area (Å²) < 4.78 is 2.67. The van der Waals surface area contributed by atoms with Crippen molar-refractivity contribution < 1.29 is 16.0 Å². The molecule has 0 saturated carbocycles.